The van der Waals surface area contributed by atoms with Gasteiger partial charge in [0.15, 0.2) is 11.5 Å². The van der Waals surface area contributed by atoms with Gasteiger partial charge in [0, 0.05) is 18.7 Å². The summed E-state index contributed by atoms with van der Waals surface area (Å²) in [5.74, 6) is 1.53. The Labute approximate surface area is 122 Å². The molecule has 0 bridgehead atoms. The van der Waals surface area contributed by atoms with E-state index < -0.39 is 0 Å². The molecule has 0 amide bonds. The number of methoxy groups -OCH3 is 2. The lowest BCUT2D eigenvalue weighted by Gasteiger charge is -2.25. The molecular weight excluding hydrogens is 254 g/mol. The van der Waals surface area contributed by atoms with Crippen LogP contribution in [-0.4, -0.2) is 43.4 Å². The van der Waals surface area contributed by atoms with Gasteiger partial charge in [0.05, 0.1) is 20.3 Å². The van der Waals surface area contributed by atoms with Crippen molar-refractivity contribution in [3.8, 4) is 11.5 Å². The van der Waals surface area contributed by atoms with Crippen molar-refractivity contribution >= 4 is 0 Å². The Morgan fingerprint density at radius 1 is 1.20 bits per heavy atom. The van der Waals surface area contributed by atoms with Gasteiger partial charge in [-0.05, 0) is 25.5 Å². The minimum absolute atomic E-state index is 0.279. The van der Waals surface area contributed by atoms with E-state index in [-0.39, 0.29) is 6.10 Å². The summed E-state index contributed by atoms with van der Waals surface area (Å²) in [6.45, 7) is 6.54. The zero-order valence-corrected chi connectivity index (χ0v) is 13.1. The smallest absolute Gasteiger partial charge is 0.165 e. The summed E-state index contributed by atoms with van der Waals surface area (Å²) in [5.41, 5.74) is 1.09. The predicted molar refractivity (Wildman–Crippen MR) is 81.4 cm³/mol. The monoisotopic (exact) mass is 281 g/mol. The van der Waals surface area contributed by atoms with Crippen LogP contribution in [0.1, 0.15) is 32.3 Å². The number of hydrogen-bond acceptors (Lipinski definition) is 4. The summed E-state index contributed by atoms with van der Waals surface area (Å²) >= 11 is 0. The third kappa shape index (κ3) is 4.69. The Bertz CT molecular complexity index is 395. The highest BCUT2D eigenvalue weighted by Gasteiger charge is 2.15. The first kappa shape index (κ1) is 16.8. The molecule has 0 saturated carbocycles. The van der Waals surface area contributed by atoms with Crippen LogP contribution in [-0.2, 0) is 6.54 Å². The van der Waals surface area contributed by atoms with Gasteiger partial charge < -0.3 is 14.6 Å². The van der Waals surface area contributed by atoms with Crippen LogP contribution >= 0.6 is 0 Å². The van der Waals surface area contributed by atoms with Crippen LogP contribution in [0, 0.1) is 0 Å². The molecule has 1 rings (SSSR count). The summed E-state index contributed by atoms with van der Waals surface area (Å²) in [4.78, 5) is 2.26. The van der Waals surface area contributed by atoms with Crippen LogP contribution in [0.4, 0.5) is 0 Å². The van der Waals surface area contributed by atoms with Gasteiger partial charge in [-0.2, -0.15) is 0 Å². The Kier molecular flexibility index (Phi) is 7.41. The summed E-state index contributed by atoms with van der Waals surface area (Å²) in [6, 6.07) is 5.91. The molecule has 0 aromatic heterocycles. The number of benzene rings is 1. The second kappa shape index (κ2) is 8.82. The maximum atomic E-state index is 9.86. The average molecular weight is 281 g/mol. The van der Waals surface area contributed by atoms with Gasteiger partial charge in [-0.15, -0.1) is 0 Å². The molecule has 20 heavy (non-hydrogen) atoms. The molecule has 0 spiro atoms. The van der Waals surface area contributed by atoms with Crippen LogP contribution in [0.25, 0.3) is 0 Å². The van der Waals surface area contributed by atoms with E-state index in [1.165, 1.54) is 0 Å². The van der Waals surface area contributed by atoms with Crippen LogP contribution in [0.2, 0.25) is 0 Å². The number of hydrogen-bond donors (Lipinski definition) is 1. The van der Waals surface area contributed by atoms with Crippen molar-refractivity contribution in [3.05, 3.63) is 23.8 Å². The predicted octanol–water partition coefficient (Wildman–Crippen LogP) is 2.69. The highest BCUT2D eigenvalue weighted by atomic mass is 16.5. The maximum Gasteiger partial charge on any atom is 0.165 e. The fourth-order valence-corrected chi connectivity index (χ4v) is 2.30. The fourth-order valence-electron chi connectivity index (χ4n) is 2.30. The standard InChI is InChI=1S/C16H27NO3/c1-5-10-17(12-14(18)6-2)11-13-8-7-9-15(19-3)16(13)20-4/h7-9,14,18H,5-6,10-12H2,1-4H3/t14-/m1/s1. The van der Waals surface area contributed by atoms with Crippen LogP contribution in [0.3, 0.4) is 0 Å². The molecule has 0 aliphatic rings. The van der Waals surface area contributed by atoms with E-state index in [2.05, 4.69) is 11.8 Å². The van der Waals surface area contributed by atoms with Gasteiger partial charge in [0.25, 0.3) is 0 Å². The zero-order valence-electron chi connectivity index (χ0n) is 13.1. The number of nitrogens with zero attached hydrogens (tertiary/aromatic N) is 1. The number of rotatable bonds is 9. The molecule has 1 N–H and O–H groups in total. The molecule has 0 radical (unpaired) electrons. The Balaban J connectivity index is 2.87. The van der Waals surface area contributed by atoms with Crippen LogP contribution in [0.5, 0.6) is 11.5 Å². The van der Waals surface area contributed by atoms with Gasteiger partial charge in [-0.25, -0.2) is 0 Å². The zero-order chi connectivity index (χ0) is 15.0. The average Bonchev–Trinajstić information content (AvgIpc) is 2.46. The summed E-state index contributed by atoms with van der Waals surface area (Å²) < 4.78 is 10.8. The largest absolute Gasteiger partial charge is 0.493 e. The molecule has 4 nitrogen and oxygen atoms in total. The fraction of sp³-hybridized carbons (Fsp3) is 0.625. The van der Waals surface area contributed by atoms with Crippen molar-refractivity contribution in [2.45, 2.75) is 39.3 Å². The van der Waals surface area contributed by atoms with E-state index in [4.69, 9.17) is 9.47 Å². The van der Waals surface area contributed by atoms with Gasteiger partial charge in [0.2, 0.25) is 0 Å². The minimum atomic E-state index is -0.279. The van der Waals surface area contributed by atoms with Crippen molar-refractivity contribution in [2.75, 3.05) is 27.3 Å². The Morgan fingerprint density at radius 2 is 1.95 bits per heavy atom. The molecule has 0 fully saturated rings. The second-order valence-electron chi connectivity index (χ2n) is 4.95. The van der Waals surface area contributed by atoms with Crippen molar-refractivity contribution < 1.29 is 14.6 Å². The van der Waals surface area contributed by atoms with Crippen molar-refractivity contribution in [1.82, 2.24) is 4.90 Å². The van der Waals surface area contributed by atoms with Crippen molar-refractivity contribution in [1.29, 1.82) is 0 Å². The molecule has 0 aliphatic heterocycles. The molecule has 4 heteroatoms. The van der Waals surface area contributed by atoms with E-state index in [0.717, 1.165) is 43.0 Å². The van der Waals surface area contributed by atoms with Crippen molar-refractivity contribution in [3.63, 3.8) is 0 Å². The number of para-hydroxylation sites is 1. The second-order valence-corrected chi connectivity index (χ2v) is 4.95. The normalized spacial score (nSPS) is 12.5. The van der Waals surface area contributed by atoms with E-state index in [1.54, 1.807) is 14.2 Å². The lowest BCUT2D eigenvalue weighted by atomic mass is 10.1. The molecule has 1 atom stereocenters. The van der Waals surface area contributed by atoms with E-state index in [1.807, 2.05) is 25.1 Å². The molecule has 1 aromatic carbocycles. The first-order valence-electron chi connectivity index (χ1n) is 7.26. The van der Waals surface area contributed by atoms with E-state index >= 15 is 0 Å². The molecule has 0 saturated heterocycles. The SMILES string of the molecule is CCCN(Cc1cccc(OC)c1OC)C[C@H](O)CC. The molecule has 114 valence electrons. The molecule has 0 heterocycles. The molecule has 0 unspecified atom stereocenters. The highest BCUT2D eigenvalue weighted by molar-refractivity contribution is 5.46. The summed E-state index contributed by atoms with van der Waals surface area (Å²) in [7, 11) is 3.30. The topological polar surface area (TPSA) is 41.9 Å². The Morgan fingerprint density at radius 3 is 2.50 bits per heavy atom. The molecule has 1 aromatic rings. The molecule has 0 aliphatic carbocycles. The minimum Gasteiger partial charge on any atom is -0.493 e. The van der Waals surface area contributed by atoms with Crippen LogP contribution < -0.4 is 9.47 Å². The molecular formula is C16H27NO3. The maximum absolute atomic E-state index is 9.86. The van der Waals surface area contributed by atoms with Crippen molar-refractivity contribution in [2.24, 2.45) is 0 Å². The number of aliphatic hydroxyl groups is 1. The van der Waals surface area contributed by atoms with Gasteiger partial charge in [0.1, 0.15) is 0 Å². The third-order valence-corrected chi connectivity index (χ3v) is 3.36. The van der Waals surface area contributed by atoms with Gasteiger partial charge >= 0.3 is 0 Å². The number of aliphatic hydroxyl groups excluding tert-OH is 1. The summed E-state index contributed by atoms with van der Waals surface area (Å²) in [5, 5.41) is 9.86. The highest BCUT2D eigenvalue weighted by Crippen LogP contribution is 2.31. The van der Waals surface area contributed by atoms with Crippen LogP contribution in [0.15, 0.2) is 18.2 Å². The quantitative estimate of drug-likeness (QED) is 0.755. The van der Waals surface area contributed by atoms with Gasteiger partial charge in [-0.3, -0.25) is 4.90 Å². The first-order chi connectivity index (χ1) is 9.65. The Hall–Kier alpha value is -1.26. The van der Waals surface area contributed by atoms with Gasteiger partial charge in [-0.1, -0.05) is 26.0 Å². The first-order valence-corrected chi connectivity index (χ1v) is 7.26. The van der Waals surface area contributed by atoms with E-state index in [0.29, 0.717) is 6.54 Å². The lowest BCUT2D eigenvalue weighted by molar-refractivity contribution is 0.105. The number of ether oxygens (including phenoxy) is 2. The summed E-state index contributed by atoms with van der Waals surface area (Å²) in [6.07, 6.45) is 1.55. The lowest BCUT2D eigenvalue weighted by Crippen LogP contribution is -2.32. The van der Waals surface area contributed by atoms with E-state index in [9.17, 15) is 5.11 Å². The third-order valence-electron chi connectivity index (χ3n) is 3.36.